The number of nitrogens with two attached hydrogens (primary N) is 1. The number of aromatic nitrogens is 2. The Morgan fingerprint density at radius 2 is 2.15 bits per heavy atom. The van der Waals surface area contributed by atoms with E-state index in [1.54, 1.807) is 0 Å². The molecule has 4 aliphatic heterocycles. The third-order valence-corrected chi connectivity index (χ3v) is 10.3. The quantitative estimate of drug-likeness (QED) is 0.0587. The van der Waals surface area contributed by atoms with Crippen molar-refractivity contribution in [2.24, 2.45) is 0 Å². The number of hydrogen-bond acceptors (Lipinski definition) is 16. The van der Waals surface area contributed by atoms with Crippen LogP contribution in [0.15, 0.2) is 47.8 Å². The van der Waals surface area contributed by atoms with Gasteiger partial charge in [0.15, 0.2) is 11.6 Å². The lowest BCUT2D eigenvalue weighted by molar-refractivity contribution is -0.152. The first-order valence-corrected chi connectivity index (χ1v) is 17.2. The van der Waals surface area contributed by atoms with Gasteiger partial charge in [0.05, 0.1) is 25.8 Å². The standard InChI is InChI=1S/C28H32N8O8S3/c1-2-7-41-27(39)22-15(12-46-26-21(25(38)36(22)26)33-18(37)9-17-4-3-8-45-17)10-42-28(40)34-47-43-11-16-5-6-19(44-16)35-14-32-20-23(29)30-13-31-24(20)35/h2-4,8,13,16,19,21,26,32H,1,5-7,9-12,14H2,(H,33,37)(H,34,40)(H2,29,30,31). The van der Waals surface area contributed by atoms with Gasteiger partial charge in [-0.2, -0.15) is 0 Å². The third kappa shape index (κ3) is 7.28. The molecule has 5 N–H and O–H groups in total. The summed E-state index contributed by atoms with van der Waals surface area (Å²) in [5, 5.41) is 7.33. The summed E-state index contributed by atoms with van der Waals surface area (Å²) in [6.45, 7) is 3.93. The van der Waals surface area contributed by atoms with Gasteiger partial charge in [-0.15, -0.1) is 23.1 Å². The minimum Gasteiger partial charge on any atom is -0.457 e. The zero-order chi connectivity index (χ0) is 32.9. The molecule has 0 saturated carbocycles. The Labute approximate surface area is 282 Å². The summed E-state index contributed by atoms with van der Waals surface area (Å²) in [6, 6.07) is 2.91. The van der Waals surface area contributed by atoms with Gasteiger partial charge in [0.1, 0.15) is 60.8 Å². The molecular formula is C28H32N8O8S3. The van der Waals surface area contributed by atoms with E-state index in [0.29, 0.717) is 41.8 Å². The number of amides is 3. The average Bonchev–Trinajstić information content (AvgIpc) is 3.85. The number of esters is 1. The number of nitrogen functional groups attached to an aromatic ring is 1. The fourth-order valence-corrected chi connectivity index (χ4v) is 7.87. The number of thioether (sulfide) groups is 1. The SMILES string of the molecule is C=CCOC(=O)C1=C(COC(=O)NSOCC2CCC(N3CNc4c(N)ncnc43)O2)CSC2C(NC(=O)Cc3cccs3)C(=O)N12. The summed E-state index contributed by atoms with van der Waals surface area (Å²) in [4.78, 5) is 63.5. The lowest BCUT2D eigenvalue weighted by Gasteiger charge is -2.49. The molecule has 2 aromatic heterocycles. The van der Waals surface area contributed by atoms with Gasteiger partial charge in [0.25, 0.3) is 5.91 Å². The number of carbonyl (C=O) groups excluding carboxylic acids is 4. The number of carbonyl (C=O) groups is 4. The van der Waals surface area contributed by atoms with E-state index in [-0.39, 0.29) is 55.9 Å². The van der Waals surface area contributed by atoms with Gasteiger partial charge in [-0.1, -0.05) is 18.7 Å². The molecule has 47 heavy (non-hydrogen) atoms. The zero-order valence-corrected chi connectivity index (χ0v) is 27.4. The zero-order valence-electron chi connectivity index (χ0n) is 24.9. The summed E-state index contributed by atoms with van der Waals surface area (Å²) in [7, 11) is 0. The summed E-state index contributed by atoms with van der Waals surface area (Å²) >= 11 is 3.51. The average molecular weight is 705 g/mol. The lowest BCUT2D eigenvalue weighted by Crippen LogP contribution is -2.70. The normalized spacial score (nSPS) is 22.9. The van der Waals surface area contributed by atoms with Crippen molar-refractivity contribution in [3.05, 3.63) is 52.6 Å². The summed E-state index contributed by atoms with van der Waals surface area (Å²) in [5.41, 5.74) is 7.00. The van der Waals surface area contributed by atoms with Gasteiger partial charge in [-0.3, -0.25) is 18.7 Å². The molecular weight excluding hydrogens is 673 g/mol. The van der Waals surface area contributed by atoms with Crippen molar-refractivity contribution in [2.45, 2.75) is 43.0 Å². The Morgan fingerprint density at radius 1 is 1.28 bits per heavy atom. The van der Waals surface area contributed by atoms with Crippen LogP contribution in [0.25, 0.3) is 0 Å². The Hall–Kier alpha value is -4.04. The Kier molecular flexibility index (Phi) is 10.4. The van der Waals surface area contributed by atoms with Crippen molar-refractivity contribution in [1.82, 2.24) is 24.9 Å². The van der Waals surface area contributed by atoms with E-state index in [1.165, 1.54) is 40.4 Å². The van der Waals surface area contributed by atoms with Gasteiger partial charge in [0.2, 0.25) is 5.91 Å². The maximum absolute atomic E-state index is 13.1. The van der Waals surface area contributed by atoms with Crippen molar-refractivity contribution in [3.63, 3.8) is 0 Å². The monoisotopic (exact) mass is 704 g/mol. The van der Waals surface area contributed by atoms with Gasteiger partial charge in [-0.25, -0.2) is 24.3 Å². The van der Waals surface area contributed by atoms with Gasteiger partial charge in [0, 0.05) is 16.2 Å². The smallest absolute Gasteiger partial charge is 0.419 e. The van der Waals surface area contributed by atoms with Crippen LogP contribution in [0.1, 0.15) is 17.7 Å². The number of nitrogens with zero attached hydrogens (tertiary/aromatic N) is 4. The molecule has 19 heteroatoms. The molecule has 2 saturated heterocycles. The molecule has 6 rings (SSSR count). The minimum absolute atomic E-state index is 0.000953. The predicted octanol–water partition coefficient (Wildman–Crippen LogP) is 1.75. The number of anilines is 3. The van der Waals surface area contributed by atoms with Crippen LogP contribution in [0, 0.1) is 0 Å². The largest absolute Gasteiger partial charge is 0.457 e. The highest BCUT2D eigenvalue weighted by molar-refractivity contribution is 8.00. The van der Waals surface area contributed by atoms with Crippen LogP contribution in [0.4, 0.5) is 22.1 Å². The summed E-state index contributed by atoms with van der Waals surface area (Å²) in [5.74, 6) is -0.135. The second-order valence-electron chi connectivity index (χ2n) is 10.6. The highest BCUT2D eigenvalue weighted by Crippen LogP contribution is 2.41. The third-order valence-electron chi connectivity index (χ3n) is 7.61. The number of nitrogens with one attached hydrogen (secondary N) is 3. The van der Waals surface area contributed by atoms with Crippen LogP contribution < -0.4 is 26.0 Å². The van der Waals surface area contributed by atoms with E-state index >= 15 is 0 Å². The highest BCUT2D eigenvalue weighted by Gasteiger charge is 2.54. The first-order chi connectivity index (χ1) is 22.8. The van der Waals surface area contributed by atoms with Crippen molar-refractivity contribution in [1.29, 1.82) is 0 Å². The fraction of sp³-hybridized carbons (Fsp3) is 0.429. The lowest BCUT2D eigenvalue weighted by atomic mass is 10.0. The van der Waals surface area contributed by atoms with Crippen LogP contribution in [-0.2, 0) is 39.2 Å². The second-order valence-corrected chi connectivity index (χ2v) is 13.4. The van der Waals surface area contributed by atoms with Crippen LogP contribution in [0.5, 0.6) is 0 Å². The maximum atomic E-state index is 13.1. The molecule has 0 aromatic carbocycles. The van der Waals surface area contributed by atoms with Crippen LogP contribution in [0.2, 0.25) is 0 Å². The molecule has 4 unspecified atom stereocenters. The number of hydrogen-bond donors (Lipinski definition) is 4. The molecule has 3 amide bonds. The highest BCUT2D eigenvalue weighted by atomic mass is 32.2. The topological polar surface area (TPSA) is 200 Å². The number of thiophene rings is 1. The number of rotatable bonds is 13. The Morgan fingerprint density at radius 3 is 2.96 bits per heavy atom. The Bertz CT molecular complexity index is 1560. The number of β-lactam (4-membered cyclic amide) rings is 1. The van der Waals surface area contributed by atoms with Gasteiger partial charge in [-0.05, 0) is 24.3 Å². The molecule has 4 aliphatic rings. The molecule has 0 spiro atoms. The van der Waals surface area contributed by atoms with Crippen molar-refractivity contribution in [2.75, 3.05) is 48.2 Å². The van der Waals surface area contributed by atoms with E-state index in [2.05, 4.69) is 31.9 Å². The summed E-state index contributed by atoms with van der Waals surface area (Å²) in [6.07, 6.45) is 3.27. The van der Waals surface area contributed by atoms with Gasteiger partial charge >= 0.3 is 12.1 Å². The number of fused-ring (bicyclic) bond motifs is 2. The maximum Gasteiger partial charge on any atom is 0.419 e. The fourth-order valence-electron chi connectivity index (χ4n) is 5.43. The molecule has 16 nitrogen and oxygen atoms in total. The minimum atomic E-state index is -0.802. The first kappa shape index (κ1) is 32.9. The van der Waals surface area contributed by atoms with Crippen LogP contribution in [0.3, 0.4) is 0 Å². The van der Waals surface area contributed by atoms with Gasteiger partial charge < -0.3 is 35.5 Å². The van der Waals surface area contributed by atoms with E-state index in [4.69, 9.17) is 24.1 Å². The van der Waals surface area contributed by atoms with E-state index in [0.717, 1.165) is 17.7 Å². The summed E-state index contributed by atoms with van der Waals surface area (Å²) < 4.78 is 24.6. The predicted molar refractivity (Wildman–Crippen MR) is 175 cm³/mol. The van der Waals surface area contributed by atoms with E-state index in [9.17, 15) is 19.2 Å². The number of ether oxygens (including phenoxy) is 3. The van der Waals surface area contributed by atoms with Crippen molar-refractivity contribution in [3.8, 4) is 0 Å². The molecule has 0 bridgehead atoms. The van der Waals surface area contributed by atoms with E-state index < -0.39 is 29.4 Å². The van der Waals surface area contributed by atoms with E-state index in [1.807, 2.05) is 22.4 Å². The molecule has 6 heterocycles. The van der Waals surface area contributed by atoms with Crippen LogP contribution in [-0.4, -0.2) is 94.7 Å². The van der Waals surface area contributed by atoms with Crippen LogP contribution >= 0.6 is 35.3 Å². The molecule has 0 aliphatic carbocycles. The van der Waals surface area contributed by atoms with Crippen molar-refractivity contribution < 1.29 is 37.6 Å². The molecule has 2 fully saturated rings. The molecule has 2 aromatic rings. The Balaban J connectivity index is 0.963. The molecule has 4 atom stereocenters. The molecule has 250 valence electrons. The second kappa shape index (κ2) is 14.8. The molecule has 0 radical (unpaired) electrons. The first-order valence-electron chi connectivity index (χ1n) is 14.6. The van der Waals surface area contributed by atoms with Crippen molar-refractivity contribution >= 4 is 76.5 Å².